The van der Waals surface area contributed by atoms with E-state index in [1.165, 1.54) is 36.4 Å². The number of halogens is 1. The van der Waals surface area contributed by atoms with Gasteiger partial charge < -0.3 is 4.57 Å². The molecule has 0 saturated heterocycles. The van der Waals surface area contributed by atoms with Crippen LogP contribution in [-0.4, -0.2) is 18.9 Å². The Morgan fingerprint density at radius 3 is 2.64 bits per heavy atom. The molecule has 1 heterocycles. The number of fused-ring (bicyclic) bond motifs is 1. The number of aryl methyl sites for hydroxylation is 1. The summed E-state index contributed by atoms with van der Waals surface area (Å²) in [6.45, 7) is 2.02. The molecule has 1 aromatic heterocycles. The van der Waals surface area contributed by atoms with Crippen molar-refractivity contribution in [2.45, 2.75) is 18.4 Å². The van der Waals surface area contributed by atoms with Crippen molar-refractivity contribution in [1.82, 2.24) is 4.57 Å². The maximum atomic E-state index is 13.6. The first kappa shape index (κ1) is 22.5. The summed E-state index contributed by atoms with van der Waals surface area (Å²) in [5, 5.41) is 0. The molecule has 0 spiro atoms. The van der Waals surface area contributed by atoms with Crippen LogP contribution in [0.4, 0.5) is 10.1 Å². The number of hydrogen-bond acceptors (Lipinski definition) is 4. The number of rotatable bonds is 5. The summed E-state index contributed by atoms with van der Waals surface area (Å²) in [5.74, 6) is 1.53. The Hall–Kier alpha value is -3.74. The van der Waals surface area contributed by atoms with Crippen molar-refractivity contribution in [1.29, 1.82) is 0 Å². The van der Waals surface area contributed by atoms with Crippen LogP contribution in [0.2, 0.25) is 0 Å². The predicted octanol–water partition coefficient (Wildman–Crippen LogP) is 4.33. The first-order valence-electron chi connectivity index (χ1n) is 9.78. The lowest BCUT2D eigenvalue weighted by atomic mass is 10.2. The van der Waals surface area contributed by atoms with Gasteiger partial charge in [0.15, 0.2) is 4.80 Å². The van der Waals surface area contributed by atoms with Crippen LogP contribution in [0.3, 0.4) is 0 Å². The summed E-state index contributed by atoms with van der Waals surface area (Å²) in [7, 11) is -3.82. The zero-order valence-corrected chi connectivity index (χ0v) is 19.1. The molecular weight excluding hydrogens is 461 g/mol. The Morgan fingerprint density at radius 2 is 1.91 bits per heavy atom. The normalized spacial score (nSPS) is 12.0. The molecule has 0 saturated carbocycles. The molecule has 0 aliphatic rings. The molecule has 1 N–H and O–H groups in total. The van der Waals surface area contributed by atoms with Crippen molar-refractivity contribution in [2.75, 3.05) is 4.72 Å². The molecule has 0 bridgehead atoms. The molecule has 4 rings (SSSR count). The number of terminal acetylenes is 1. The quantitative estimate of drug-likeness (QED) is 0.433. The highest BCUT2D eigenvalue weighted by molar-refractivity contribution is 7.92. The number of carbonyl (C=O) groups is 1. The number of sulfonamides is 1. The predicted molar refractivity (Wildman–Crippen MR) is 127 cm³/mol. The second-order valence-corrected chi connectivity index (χ2v) is 9.89. The molecule has 1 amide bonds. The van der Waals surface area contributed by atoms with Crippen LogP contribution < -0.4 is 9.52 Å². The van der Waals surface area contributed by atoms with Gasteiger partial charge in [0.2, 0.25) is 0 Å². The molecule has 0 aliphatic heterocycles. The summed E-state index contributed by atoms with van der Waals surface area (Å²) < 4.78 is 43.7. The first-order chi connectivity index (χ1) is 15.8. The largest absolute Gasteiger partial charge is 0.305 e. The molecule has 0 aliphatic carbocycles. The molecule has 166 valence electrons. The number of aromatic nitrogens is 1. The molecule has 0 unspecified atom stereocenters. The van der Waals surface area contributed by atoms with E-state index < -0.39 is 21.7 Å². The van der Waals surface area contributed by atoms with E-state index in [0.29, 0.717) is 15.0 Å². The lowest BCUT2D eigenvalue weighted by Crippen LogP contribution is -2.17. The van der Waals surface area contributed by atoms with Crippen LogP contribution in [0.1, 0.15) is 15.9 Å². The fourth-order valence-corrected chi connectivity index (χ4v) is 5.28. The second-order valence-electron chi connectivity index (χ2n) is 7.20. The Balaban J connectivity index is 1.67. The second kappa shape index (κ2) is 9.02. The van der Waals surface area contributed by atoms with Crippen LogP contribution in [0.15, 0.2) is 76.6 Å². The van der Waals surface area contributed by atoms with Gasteiger partial charge in [-0.25, -0.2) is 12.8 Å². The summed E-state index contributed by atoms with van der Waals surface area (Å²) in [5.41, 5.74) is 2.03. The van der Waals surface area contributed by atoms with Gasteiger partial charge >= 0.3 is 0 Å². The molecule has 9 heteroatoms. The van der Waals surface area contributed by atoms with Crippen molar-refractivity contribution < 1.29 is 17.6 Å². The van der Waals surface area contributed by atoms with E-state index in [9.17, 15) is 17.6 Å². The van der Waals surface area contributed by atoms with Crippen molar-refractivity contribution >= 4 is 43.2 Å². The maximum absolute atomic E-state index is 13.6. The van der Waals surface area contributed by atoms with Gasteiger partial charge in [-0.15, -0.1) is 6.42 Å². The van der Waals surface area contributed by atoms with Crippen LogP contribution in [0, 0.1) is 25.1 Å². The van der Waals surface area contributed by atoms with Gasteiger partial charge in [0, 0.05) is 11.3 Å². The smallest absolute Gasteiger partial charge is 0.279 e. The van der Waals surface area contributed by atoms with E-state index in [0.717, 1.165) is 16.9 Å². The van der Waals surface area contributed by atoms with Crippen molar-refractivity contribution in [2.24, 2.45) is 4.99 Å². The number of anilines is 1. The number of nitrogens with one attached hydrogen (secondary N) is 1. The Bertz CT molecular complexity index is 1580. The highest BCUT2D eigenvalue weighted by Gasteiger charge is 2.15. The van der Waals surface area contributed by atoms with Crippen LogP contribution >= 0.6 is 11.3 Å². The zero-order chi connectivity index (χ0) is 23.6. The van der Waals surface area contributed by atoms with Crippen LogP contribution in [-0.2, 0) is 16.6 Å². The van der Waals surface area contributed by atoms with Crippen molar-refractivity contribution in [3.05, 3.63) is 88.5 Å². The number of nitrogens with zero attached hydrogens (tertiary/aromatic N) is 2. The monoisotopic (exact) mass is 479 g/mol. The average molecular weight is 480 g/mol. The molecule has 33 heavy (non-hydrogen) atoms. The lowest BCUT2D eigenvalue weighted by Gasteiger charge is -2.09. The van der Waals surface area contributed by atoms with E-state index in [-0.39, 0.29) is 22.7 Å². The van der Waals surface area contributed by atoms with Gasteiger partial charge in [-0.2, -0.15) is 4.99 Å². The number of hydrogen-bond donors (Lipinski definition) is 1. The Morgan fingerprint density at radius 1 is 1.15 bits per heavy atom. The minimum Gasteiger partial charge on any atom is -0.305 e. The first-order valence-corrected chi connectivity index (χ1v) is 12.1. The Labute approximate surface area is 194 Å². The molecule has 0 atom stereocenters. The molecule has 0 fully saturated rings. The van der Waals surface area contributed by atoms with E-state index >= 15 is 0 Å². The fourth-order valence-electron chi connectivity index (χ4n) is 3.18. The summed E-state index contributed by atoms with van der Waals surface area (Å²) >= 11 is 1.14. The van der Waals surface area contributed by atoms with E-state index in [4.69, 9.17) is 6.42 Å². The van der Waals surface area contributed by atoms with Gasteiger partial charge in [-0.1, -0.05) is 41.0 Å². The number of amides is 1. The third kappa shape index (κ3) is 4.87. The summed E-state index contributed by atoms with van der Waals surface area (Å²) in [6, 6.07) is 16.7. The lowest BCUT2D eigenvalue weighted by molar-refractivity contribution is 0.0998. The maximum Gasteiger partial charge on any atom is 0.279 e. The summed E-state index contributed by atoms with van der Waals surface area (Å²) in [4.78, 5) is 17.5. The van der Waals surface area contributed by atoms with Crippen LogP contribution in [0.5, 0.6) is 0 Å². The van der Waals surface area contributed by atoms with E-state index in [1.807, 2.05) is 6.92 Å². The SMILES string of the molecule is C#CCn1c(=NC(=O)c2cccc(NS(=O)(=O)c3ccc(C)cc3)c2)sc2cc(F)ccc21. The van der Waals surface area contributed by atoms with E-state index in [1.54, 1.807) is 34.9 Å². The standard InChI is InChI=1S/C24H18FN3O3S2/c1-3-13-28-21-12-9-18(25)15-22(21)32-24(28)26-23(29)17-5-4-6-19(14-17)27-33(30,31)20-10-7-16(2)8-11-20/h1,4-12,14-15,27H,13H2,2H3. The van der Waals surface area contributed by atoms with Gasteiger partial charge in [-0.3, -0.25) is 9.52 Å². The highest BCUT2D eigenvalue weighted by atomic mass is 32.2. The summed E-state index contributed by atoms with van der Waals surface area (Å²) in [6.07, 6.45) is 5.45. The van der Waals surface area contributed by atoms with Gasteiger partial charge in [-0.05, 0) is 55.5 Å². The van der Waals surface area contributed by atoms with Crippen molar-refractivity contribution in [3.8, 4) is 12.3 Å². The number of benzene rings is 3. The van der Waals surface area contributed by atoms with Gasteiger partial charge in [0.05, 0.1) is 21.7 Å². The van der Waals surface area contributed by atoms with Gasteiger partial charge in [0.1, 0.15) is 5.82 Å². The average Bonchev–Trinajstić information content (AvgIpc) is 3.10. The number of thiazole rings is 1. The fraction of sp³-hybridized carbons (Fsp3) is 0.0833. The minimum atomic E-state index is -3.82. The van der Waals surface area contributed by atoms with E-state index in [2.05, 4.69) is 15.6 Å². The van der Waals surface area contributed by atoms with Gasteiger partial charge in [0.25, 0.3) is 15.9 Å². The molecule has 3 aromatic carbocycles. The third-order valence-electron chi connectivity index (χ3n) is 4.78. The Kier molecular flexibility index (Phi) is 6.14. The minimum absolute atomic E-state index is 0.113. The molecule has 4 aromatic rings. The number of carbonyl (C=O) groups excluding carboxylic acids is 1. The van der Waals surface area contributed by atoms with Crippen molar-refractivity contribution in [3.63, 3.8) is 0 Å². The van der Waals surface area contributed by atoms with Crippen LogP contribution in [0.25, 0.3) is 10.2 Å². The topological polar surface area (TPSA) is 80.5 Å². The third-order valence-corrected chi connectivity index (χ3v) is 7.22. The molecule has 0 radical (unpaired) electrons. The molecule has 6 nitrogen and oxygen atoms in total. The molecular formula is C24H18FN3O3S2. The zero-order valence-electron chi connectivity index (χ0n) is 17.4. The highest BCUT2D eigenvalue weighted by Crippen LogP contribution is 2.20.